The lowest BCUT2D eigenvalue weighted by molar-refractivity contribution is 0.0690. The summed E-state index contributed by atoms with van der Waals surface area (Å²) in [6.07, 6.45) is 3.34. The smallest absolute Gasteiger partial charge is 0.354 e. The van der Waals surface area contributed by atoms with E-state index in [2.05, 4.69) is 4.98 Å². The zero-order valence-electron chi connectivity index (χ0n) is 12.9. The van der Waals surface area contributed by atoms with Crippen molar-refractivity contribution in [1.82, 2.24) is 9.88 Å². The second-order valence-electron chi connectivity index (χ2n) is 5.64. The number of rotatable bonds is 6. The highest BCUT2D eigenvalue weighted by molar-refractivity contribution is 7.91. The first-order valence-corrected chi connectivity index (χ1v) is 9.37. The Morgan fingerprint density at radius 3 is 2.74 bits per heavy atom. The first-order valence-electron chi connectivity index (χ1n) is 7.55. The van der Waals surface area contributed by atoms with Crippen LogP contribution in [-0.2, 0) is 9.84 Å². The van der Waals surface area contributed by atoms with Crippen LogP contribution in [0.2, 0.25) is 0 Å². The molecule has 1 amide bonds. The van der Waals surface area contributed by atoms with Gasteiger partial charge in [0.15, 0.2) is 9.84 Å². The molecular weight excluding hydrogens is 320 g/mol. The van der Waals surface area contributed by atoms with Gasteiger partial charge in [-0.3, -0.25) is 4.79 Å². The molecule has 1 saturated heterocycles. The van der Waals surface area contributed by atoms with Crippen molar-refractivity contribution in [2.24, 2.45) is 0 Å². The molecule has 1 aliphatic rings. The summed E-state index contributed by atoms with van der Waals surface area (Å²) in [6.45, 7) is 2.45. The van der Waals surface area contributed by atoms with Crippen molar-refractivity contribution in [2.75, 3.05) is 18.1 Å². The third-order valence-corrected chi connectivity index (χ3v) is 5.64. The zero-order valence-corrected chi connectivity index (χ0v) is 13.8. The van der Waals surface area contributed by atoms with Crippen LogP contribution >= 0.6 is 0 Å². The van der Waals surface area contributed by atoms with Gasteiger partial charge in [0.1, 0.15) is 5.69 Å². The Hall–Kier alpha value is -1.96. The van der Waals surface area contributed by atoms with Gasteiger partial charge >= 0.3 is 5.97 Å². The van der Waals surface area contributed by atoms with Crippen LogP contribution in [0.15, 0.2) is 18.3 Å². The largest absolute Gasteiger partial charge is 0.477 e. The van der Waals surface area contributed by atoms with Gasteiger partial charge in [0.25, 0.3) is 5.91 Å². The molecule has 126 valence electrons. The molecule has 1 atom stereocenters. The van der Waals surface area contributed by atoms with Crippen LogP contribution < -0.4 is 0 Å². The summed E-state index contributed by atoms with van der Waals surface area (Å²) < 4.78 is 23.4. The van der Waals surface area contributed by atoms with Crippen LogP contribution in [0, 0.1) is 0 Å². The number of nitrogens with zero attached hydrogens (tertiary/aromatic N) is 2. The standard InChI is InChI=1S/C15H20N2O5S/c1-2-3-7-17(12-5-8-23(21,22)10-12)14(18)11-4-6-16-13(9-11)15(19)20/h4,6,9,12H,2-3,5,7-8,10H2,1H3,(H,19,20). The third-order valence-electron chi connectivity index (χ3n) is 3.89. The Labute approximate surface area is 135 Å². The van der Waals surface area contributed by atoms with Crippen molar-refractivity contribution < 1.29 is 23.1 Å². The van der Waals surface area contributed by atoms with Crippen molar-refractivity contribution >= 4 is 21.7 Å². The van der Waals surface area contributed by atoms with E-state index in [1.54, 1.807) is 4.90 Å². The fourth-order valence-corrected chi connectivity index (χ4v) is 4.38. The van der Waals surface area contributed by atoms with Crippen LogP contribution in [0.25, 0.3) is 0 Å². The molecule has 1 aromatic heterocycles. The minimum absolute atomic E-state index is 0.0284. The summed E-state index contributed by atoms with van der Waals surface area (Å²) >= 11 is 0. The molecule has 2 heterocycles. The molecule has 7 nitrogen and oxygen atoms in total. The van der Waals surface area contributed by atoms with E-state index in [1.165, 1.54) is 18.3 Å². The maximum absolute atomic E-state index is 12.7. The van der Waals surface area contributed by atoms with Crippen molar-refractivity contribution in [3.8, 4) is 0 Å². The topological polar surface area (TPSA) is 105 Å². The number of hydrogen-bond donors (Lipinski definition) is 1. The maximum Gasteiger partial charge on any atom is 0.354 e. The van der Waals surface area contributed by atoms with Gasteiger partial charge in [0, 0.05) is 24.3 Å². The molecule has 0 aromatic carbocycles. The van der Waals surface area contributed by atoms with Crippen LogP contribution in [-0.4, -0.2) is 59.4 Å². The van der Waals surface area contributed by atoms with Gasteiger partial charge in [0.2, 0.25) is 0 Å². The molecule has 1 fully saturated rings. The molecule has 0 saturated carbocycles. The lowest BCUT2D eigenvalue weighted by Gasteiger charge is -2.28. The number of carboxylic acids is 1. The third kappa shape index (κ3) is 4.28. The van der Waals surface area contributed by atoms with E-state index in [0.717, 1.165) is 12.8 Å². The number of sulfone groups is 1. The van der Waals surface area contributed by atoms with Gasteiger partial charge in [-0.2, -0.15) is 0 Å². The average molecular weight is 340 g/mol. The van der Waals surface area contributed by atoms with Crippen molar-refractivity contribution in [3.63, 3.8) is 0 Å². The minimum atomic E-state index is -3.10. The number of hydrogen-bond acceptors (Lipinski definition) is 5. The minimum Gasteiger partial charge on any atom is -0.477 e. The van der Waals surface area contributed by atoms with Gasteiger partial charge < -0.3 is 10.0 Å². The molecule has 1 N–H and O–H groups in total. The fraction of sp³-hybridized carbons (Fsp3) is 0.533. The number of aromatic carboxylic acids is 1. The predicted molar refractivity (Wildman–Crippen MR) is 84.2 cm³/mol. The number of carbonyl (C=O) groups is 2. The van der Waals surface area contributed by atoms with E-state index in [0.29, 0.717) is 13.0 Å². The van der Waals surface area contributed by atoms with Gasteiger partial charge in [-0.25, -0.2) is 18.2 Å². The molecule has 23 heavy (non-hydrogen) atoms. The first-order chi connectivity index (χ1) is 10.8. The highest BCUT2D eigenvalue weighted by atomic mass is 32.2. The van der Waals surface area contributed by atoms with Crippen molar-refractivity contribution in [1.29, 1.82) is 0 Å². The highest BCUT2D eigenvalue weighted by Crippen LogP contribution is 2.21. The Morgan fingerprint density at radius 1 is 1.43 bits per heavy atom. The van der Waals surface area contributed by atoms with E-state index >= 15 is 0 Å². The second kappa shape index (κ2) is 7.08. The molecule has 8 heteroatoms. The van der Waals surface area contributed by atoms with Gasteiger partial charge in [0.05, 0.1) is 11.5 Å². The average Bonchev–Trinajstić information content (AvgIpc) is 2.87. The second-order valence-corrected chi connectivity index (χ2v) is 7.87. The lowest BCUT2D eigenvalue weighted by atomic mass is 10.1. The molecule has 0 bridgehead atoms. The Kier molecular flexibility index (Phi) is 5.35. The quantitative estimate of drug-likeness (QED) is 0.834. The Morgan fingerprint density at radius 2 is 2.17 bits per heavy atom. The van der Waals surface area contributed by atoms with E-state index < -0.39 is 15.8 Å². The van der Waals surface area contributed by atoms with Crippen LogP contribution in [0.5, 0.6) is 0 Å². The van der Waals surface area contributed by atoms with E-state index in [1.807, 2.05) is 6.92 Å². The summed E-state index contributed by atoms with van der Waals surface area (Å²) in [4.78, 5) is 29.0. The van der Waals surface area contributed by atoms with E-state index in [4.69, 9.17) is 5.11 Å². The Balaban J connectivity index is 2.26. The molecule has 0 radical (unpaired) electrons. The van der Waals surface area contributed by atoms with Gasteiger partial charge in [-0.05, 0) is 25.0 Å². The maximum atomic E-state index is 12.7. The molecule has 2 rings (SSSR count). The van der Waals surface area contributed by atoms with Crippen LogP contribution in [0.4, 0.5) is 0 Å². The molecule has 0 aliphatic carbocycles. The predicted octanol–water partition coefficient (Wildman–Crippen LogP) is 1.21. The number of amides is 1. The number of carbonyl (C=O) groups excluding carboxylic acids is 1. The molecule has 1 aromatic rings. The molecule has 1 aliphatic heterocycles. The SMILES string of the molecule is CCCCN(C(=O)c1ccnc(C(=O)O)c1)C1CCS(=O)(=O)C1. The number of aromatic nitrogens is 1. The van der Waals surface area contributed by atoms with Crippen LogP contribution in [0.3, 0.4) is 0 Å². The number of pyridine rings is 1. The van der Waals surface area contributed by atoms with E-state index in [-0.39, 0.29) is 34.7 Å². The molecular formula is C15H20N2O5S. The molecule has 1 unspecified atom stereocenters. The van der Waals surface area contributed by atoms with Crippen molar-refractivity contribution in [2.45, 2.75) is 32.2 Å². The summed E-state index contributed by atoms with van der Waals surface area (Å²) in [5.41, 5.74) is 0.0168. The van der Waals surface area contributed by atoms with Gasteiger partial charge in [-0.15, -0.1) is 0 Å². The molecule has 0 spiro atoms. The first kappa shape index (κ1) is 17.4. The number of carboxylic acid groups (broad SMARTS) is 1. The van der Waals surface area contributed by atoms with Gasteiger partial charge in [-0.1, -0.05) is 13.3 Å². The summed E-state index contributed by atoms with van der Waals surface area (Å²) in [6, 6.07) is 2.34. The summed E-state index contributed by atoms with van der Waals surface area (Å²) in [5, 5.41) is 8.98. The van der Waals surface area contributed by atoms with Crippen molar-refractivity contribution in [3.05, 3.63) is 29.6 Å². The van der Waals surface area contributed by atoms with E-state index in [9.17, 15) is 18.0 Å². The monoisotopic (exact) mass is 340 g/mol. The fourth-order valence-electron chi connectivity index (χ4n) is 2.65. The zero-order chi connectivity index (χ0) is 17.0. The summed E-state index contributed by atoms with van der Waals surface area (Å²) in [7, 11) is -3.10. The lowest BCUT2D eigenvalue weighted by Crippen LogP contribution is -2.41. The number of unbranched alkanes of at least 4 members (excludes halogenated alkanes) is 1. The normalized spacial score (nSPS) is 19.4. The Bertz CT molecular complexity index is 702. The highest BCUT2D eigenvalue weighted by Gasteiger charge is 2.34. The summed E-state index contributed by atoms with van der Waals surface area (Å²) in [5.74, 6) is -1.49. The van der Waals surface area contributed by atoms with Crippen LogP contribution in [0.1, 0.15) is 47.0 Å².